The number of ether oxygens (including phenoxy) is 1. The van der Waals surface area contributed by atoms with Crippen molar-refractivity contribution in [2.24, 2.45) is 0 Å². The fraction of sp³-hybridized carbons (Fsp3) is 0.667. The summed E-state index contributed by atoms with van der Waals surface area (Å²) in [5.74, 6) is -1.07. The Bertz CT molecular complexity index is 182. The van der Waals surface area contributed by atoms with Crippen LogP contribution in [-0.2, 0) is 9.53 Å². The van der Waals surface area contributed by atoms with Crippen LogP contribution in [0.4, 0.5) is 4.79 Å². The van der Waals surface area contributed by atoms with Gasteiger partial charge in [0, 0.05) is 3.92 Å². The quantitative estimate of drug-likeness (QED) is 0.589. The Hall–Kier alpha value is -0.530. The van der Waals surface area contributed by atoms with Crippen LogP contribution in [0.5, 0.6) is 0 Å². The lowest BCUT2D eigenvalue weighted by atomic mass is 10.2. The lowest BCUT2D eigenvalue weighted by Gasteiger charge is -2.15. The monoisotopic (exact) mass is 287 g/mol. The Morgan fingerprint density at radius 3 is 2.33 bits per heavy atom. The van der Waals surface area contributed by atoms with E-state index in [0.717, 1.165) is 0 Å². The molecule has 0 radical (unpaired) electrons. The first-order valence-electron chi connectivity index (χ1n) is 3.20. The van der Waals surface area contributed by atoms with Gasteiger partial charge in [0.1, 0.15) is 6.04 Å². The maximum Gasteiger partial charge on any atom is 0.407 e. The van der Waals surface area contributed by atoms with E-state index in [2.05, 4.69) is 10.1 Å². The number of alkyl halides is 1. The number of hydrogen-bond acceptors (Lipinski definition) is 3. The van der Waals surface area contributed by atoms with Gasteiger partial charge in [-0.2, -0.15) is 0 Å². The summed E-state index contributed by atoms with van der Waals surface area (Å²) < 4.78 is 4.07. The summed E-state index contributed by atoms with van der Waals surface area (Å²) in [6, 6.07) is -0.905. The Kier molecular flexibility index (Phi) is 4.95. The van der Waals surface area contributed by atoms with Gasteiger partial charge in [-0.1, -0.05) is 29.5 Å². The summed E-state index contributed by atoms with van der Waals surface area (Å²) in [4.78, 5) is 21.1. The number of hydrogen-bond donors (Lipinski definition) is 2. The molecule has 0 rings (SSSR count). The summed E-state index contributed by atoms with van der Waals surface area (Å²) in [6.07, 6.45) is -0.731. The topological polar surface area (TPSA) is 75.6 Å². The van der Waals surface area contributed by atoms with Crippen LogP contribution in [0.1, 0.15) is 6.92 Å². The van der Waals surface area contributed by atoms with E-state index in [1.54, 1.807) is 6.92 Å². The highest BCUT2D eigenvalue weighted by Crippen LogP contribution is 2.05. The number of aliphatic carboxylic acids is 1. The van der Waals surface area contributed by atoms with Crippen LogP contribution >= 0.6 is 22.6 Å². The molecule has 0 spiro atoms. The van der Waals surface area contributed by atoms with Gasteiger partial charge < -0.3 is 15.2 Å². The summed E-state index contributed by atoms with van der Waals surface area (Å²) in [5.41, 5.74) is 0. The molecule has 0 heterocycles. The molecule has 2 N–H and O–H groups in total. The van der Waals surface area contributed by atoms with Crippen LogP contribution in [0.25, 0.3) is 0 Å². The molecule has 0 saturated carbocycles. The molecular formula is C6H10INO4. The van der Waals surface area contributed by atoms with Crippen LogP contribution in [0, 0.1) is 0 Å². The summed E-state index contributed by atoms with van der Waals surface area (Å²) in [7, 11) is 1.19. The molecule has 2 atom stereocenters. The fourth-order valence-corrected chi connectivity index (χ4v) is 1.05. The number of carbonyl (C=O) groups excluding carboxylic acids is 1. The number of carboxylic acid groups (broad SMARTS) is 1. The van der Waals surface area contributed by atoms with Crippen LogP contribution in [0.15, 0.2) is 0 Å². The second kappa shape index (κ2) is 5.18. The highest BCUT2D eigenvalue weighted by atomic mass is 127. The lowest BCUT2D eigenvalue weighted by molar-refractivity contribution is -0.139. The average molecular weight is 287 g/mol. The largest absolute Gasteiger partial charge is 0.480 e. The Labute approximate surface area is 83.6 Å². The van der Waals surface area contributed by atoms with Gasteiger partial charge in [0.15, 0.2) is 0 Å². The molecule has 70 valence electrons. The first-order valence-corrected chi connectivity index (χ1v) is 4.45. The molecule has 0 aromatic rings. The van der Waals surface area contributed by atoms with Crippen LogP contribution in [0.2, 0.25) is 0 Å². The van der Waals surface area contributed by atoms with E-state index in [0.29, 0.717) is 0 Å². The number of alkyl carbamates (subject to hydrolysis) is 1. The van der Waals surface area contributed by atoms with Gasteiger partial charge in [-0.05, 0) is 0 Å². The third-order valence-corrected chi connectivity index (χ3v) is 1.90. The molecule has 5 nitrogen and oxygen atoms in total. The van der Waals surface area contributed by atoms with E-state index in [4.69, 9.17) is 5.11 Å². The van der Waals surface area contributed by atoms with Gasteiger partial charge in [-0.25, -0.2) is 9.59 Å². The number of amides is 1. The van der Waals surface area contributed by atoms with Crippen LogP contribution < -0.4 is 5.32 Å². The molecule has 0 aliphatic heterocycles. The maximum atomic E-state index is 10.6. The van der Waals surface area contributed by atoms with Gasteiger partial charge in [0.2, 0.25) is 0 Å². The van der Waals surface area contributed by atoms with Crippen LogP contribution in [-0.4, -0.2) is 34.2 Å². The predicted octanol–water partition coefficient (Wildman–Crippen LogP) is 0.619. The van der Waals surface area contributed by atoms with Crippen molar-refractivity contribution in [1.82, 2.24) is 5.32 Å². The predicted molar refractivity (Wildman–Crippen MR) is 50.4 cm³/mol. The van der Waals surface area contributed by atoms with E-state index < -0.39 is 18.1 Å². The Morgan fingerprint density at radius 2 is 2.08 bits per heavy atom. The Morgan fingerprint density at radius 1 is 1.58 bits per heavy atom. The minimum atomic E-state index is -1.07. The number of halogens is 1. The molecule has 12 heavy (non-hydrogen) atoms. The SMILES string of the molecule is COC(=O)N[C@H](C(=O)O)C(C)I. The highest BCUT2D eigenvalue weighted by Gasteiger charge is 2.24. The van der Waals surface area contributed by atoms with E-state index in [-0.39, 0.29) is 3.92 Å². The van der Waals surface area contributed by atoms with Gasteiger partial charge in [0.05, 0.1) is 7.11 Å². The number of rotatable bonds is 3. The molecule has 0 aromatic carbocycles. The smallest absolute Gasteiger partial charge is 0.407 e. The molecule has 6 heteroatoms. The molecule has 0 fully saturated rings. The zero-order chi connectivity index (χ0) is 9.72. The average Bonchev–Trinajstić information content (AvgIpc) is 1.98. The highest BCUT2D eigenvalue weighted by molar-refractivity contribution is 14.1. The zero-order valence-corrected chi connectivity index (χ0v) is 8.86. The summed E-state index contributed by atoms with van der Waals surface area (Å²) in [6.45, 7) is 1.69. The molecule has 1 unspecified atom stereocenters. The van der Waals surface area contributed by atoms with Gasteiger partial charge in [-0.3, -0.25) is 0 Å². The van der Waals surface area contributed by atoms with Crippen molar-refractivity contribution in [2.45, 2.75) is 16.9 Å². The maximum absolute atomic E-state index is 10.6. The van der Waals surface area contributed by atoms with Crippen molar-refractivity contribution in [3.05, 3.63) is 0 Å². The van der Waals surface area contributed by atoms with Crippen molar-refractivity contribution in [3.63, 3.8) is 0 Å². The van der Waals surface area contributed by atoms with E-state index in [1.807, 2.05) is 22.6 Å². The van der Waals surface area contributed by atoms with Crippen molar-refractivity contribution in [3.8, 4) is 0 Å². The first kappa shape index (κ1) is 11.5. The molecule has 0 aromatic heterocycles. The summed E-state index contributed by atoms with van der Waals surface area (Å²) >= 11 is 1.92. The van der Waals surface area contributed by atoms with Crippen molar-refractivity contribution in [1.29, 1.82) is 0 Å². The minimum Gasteiger partial charge on any atom is -0.480 e. The third-order valence-electron chi connectivity index (χ3n) is 1.18. The number of carboxylic acids is 1. The first-order chi connectivity index (χ1) is 5.49. The summed E-state index contributed by atoms with van der Waals surface area (Å²) in [5, 5.41) is 10.8. The molecule has 0 bridgehead atoms. The fourth-order valence-electron chi connectivity index (χ4n) is 0.559. The molecule has 0 aliphatic rings. The second-order valence-electron chi connectivity index (χ2n) is 2.13. The van der Waals surface area contributed by atoms with Gasteiger partial charge in [-0.15, -0.1) is 0 Å². The Balaban J connectivity index is 4.14. The van der Waals surface area contributed by atoms with Crippen molar-refractivity contribution >= 4 is 34.7 Å². The number of nitrogens with one attached hydrogen (secondary N) is 1. The number of carbonyl (C=O) groups is 2. The van der Waals surface area contributed by atoms with Crippen molar-refractivity contribution in [2.75, 3.05) is 7.11 Å². The normalized spacial score (nSPS) is 14.6. The lowest BCUT2D eigenvalue weighted by Crippen LogP contribution is -2.45. The van der Waals surface area contributed by atoms with Gasteiger partial charge in [0.25, 0.3) is 0 Å². The zero-order valence-electron chi connectivity index (χ0n) is 6.70. The molecule has 1 amide bonds. The van der Waals surface area contributed by atoms with E-state index >= 15 is 0 Å². The molecule has 0 aliphatic carbocycles. The minimum absolute atomic E-state index is 0.195. The molecule has 0 saturated heterocycles. The van der Waals surface area contributed by atoms with E-state index in [9.17, 15) is 9.59 Å². The molecular weight excluding hydrogens is 277 g/mol. The standard InChI is InChI=1S/C6H10INO4/c1-3(7)4(5(9)10)8-6(11)12-2/h3-4H,1-2H3,(H,8,11)(H,9,10)/t3?,4-/m0/s1. The second-order valence-corrected chi connectivity index (χ2v) is 4.09. The van der Waals surface area contributed by atoms with Crippen LogP contribution in [0.3, 0.4) is 0 Å². The van der Waals surface area contributed by atoms with E-state index in [1.165, 1.54) is 7.11 Å². The third kappa shape index (κ3) is 3.74. The van der Waals surface area contributed by atoms with Gasteiger partial charge >= 0.3 is 12.1 Å². The number of methoxy groups -OCH3 is 1. The van der Waals surface area contributed by atoms with Crippen molar-refractivity contribution < 1.29 is 19.4 Å².